The second kappa shape index (κ2) is 9.33. The van der Waals surface area contributed by atoms with Gasteiger partial charge in [0.15, 0.2) is 0 Å². The number of ether oxygens (including phenoxy) is 2. The van der Waals surface area contributed by atoms with Crippen LogP contribution in [-0.4, -0.2) is 54.1 Å². The number of carbonyl (C=O) groups excluding carboxylic acids is 1. The highest BCUT2D eigenvalue weighted by atomic mass is 28.3. The van der Waals surface area contributed by atoms with Crippen LogP contribution in [0.2, 0.25) is 25.7 Å². The third-order valence-electron chi connectivity index (χ3n) is 5.75. The van der Waals surface area contributed by atoms with E-state index in [1.54, 1.807) is 0 Å². The molecule has 1 aromatic carbocycles. The Morgan fingerprint density at radius 3 is 2.48 bits per heavy atom. The lowest BCUT2D eigenvalue weighted by atomic mass is 9.86. The maximum Gasteiger partial charge on any atom is 0.410 e. The Morgan fingerprint density at radius 2 is 1.87 bits per heavy atom. The monoisotopic (exact) mass is 445 g/mol. The van der Waals surface area contributed by atoms with Gasteiger partial charge in [-0.1, -0.05) is 19.6 Å². The summed E-state index contributed by atoms with van der Waals surface area (Å²) in [6.07, 6.45) is 3.77. The number of nitrogens with zero attached hydrogens (tertiary/aromatic N) is 3. The Hall–Kier alpha value is -1.86. The lowest BCUT2D eigenvalue weighted by molar-refractivity contribution is 0.0205. The Bertz CT molecular complexity index is 903. The average Bonchev–Trinajstić information content (AvgIpc) is 3.04. The number of piperidine rings is 1. The van der Waals surface area contributed by atoms with Crippen molar-refractivity contribution in [2.24, 2.45) is 0 Å². The molecule has 0 saturated carbocycles. The third-order valence-corrected chi connectivity index (χ3v) is 7.45. The molecule has 0 radical (unpaired) electrons. The minimum Gasteiger partial charge on any atom is -0.444 e. The number of hydrogen-bond acceptors (Lipinski definition) is 4. The summed E-state index contributed by atoms with van der Waals surface area (Å²) in [5, 5.41) is 5.90. The Labute approximate surface area is 187 Å². The summed E-state index contributed by atoms with van der Waals surface area (Å²) in [4.78, 5) is 14.2. The summed E-state index contributed by atoms with van der Waals surface area (Å²) >= 11 is 0. The molecule has 0 unspecified atom stereocenters. The highest BCUT2D eigenvalue weighted by Crippen LogP contribution is 2.33. The van der Waals surface area contributed by atoms with Crippen molar-refractivity contribution >= 4 is 25.1 Å². The van der Waals surface area contributed by atoms with Crippen LogP contribution in [0, 0.1) is 6.92 Å². The quantitative estimate of drug-likeness (QED) is 0.418. The van der Waals surface area contributed by atoms with Crippen molar-refractivity contribution in [3.63, 3.8) is 0 Å². The van der Waals surface area contributed by atoms with Crippen LogP contribution in [0.3, 0.4) is 0 Å². The fraction of sp³-hybridized carbons (Fsp3) is 0.667. The number of aryl methyl sites for hydroxylation is 1. The van der Waals surface area contributed by atoms with Gasteiger partial charge < -0.3 is 14.4 Å². The molecule has 172 valence electrons. The number of rotatable bonds is 6. The summed E-state index contributed by atoms with van der Waals surface area (Å²) in [5.74, 6) is 0.446. The SMILES string of the molecule is Cc1cc2cn(COCC[Si](C)(C)C)nc2cc1C1CCN(C(=O)OC(C)(C)C)CC1. The van der Waals surface area contributed by atoms with Crippen molar-refractivity contribution in [2.45, 2.75) is 84.5 Å². The van der Waals surface area contributed by atoms with Crippen LogP contribution in [0.15, 0.2) is 18.3 Å². The molecule has 0 spiro atoms. The van der Waals surface area contributed by atoms with E-state index >= 15 is 0 Å². The maximum atomic E-state index is 12.3. The molecule has 1 amide bonds. The van der Waals surface area contributed by atoms with Gasteiger partial charge in [-0.2, -0.15) is 5.10 Å². The van der Waals surface area contributed by atoms with Crippen LogP contribution < -0.4 is 0 Å². The van der Waals surface area contributed by atoms with E-state index in [-0.39, 0.29) is 6.09 Å². The van der Waals surface area contributed by atoms with Crippen LogP contribution in [0.4, 0.5) is 4.79 Å². The van der Waals surface area contributed by atoms with E-state index < -0.39 is 13.7 Å². The lowest BCUT2D eigenvalue weighted by Crippen LogP contribution is -2.41. The Balaban J connectivity index is 1.61. The van der Waals surface area contributed by atoms with Gasteiger partial charge in [0.2, 0.25) is 0 Å². The Morgan fingerprint density at radius 1 is 1.19 bits per heavy atom. The largest absolute Gasteiger partial charge is 0.444 e. The molecule has 0 N–H and O–H groups in total. The van der Waals surface area contributed by atoms with Gasteiger partial charge in [0.05, 0.1) is 5.52 Å². The normalized spacial score (nSPS) is 16.2. The standard InChI is InChI=1S/C24H39N3O3Si/c1-18-14-20-16-27(17-29-12-13-31(5,6)7)25-22(20)15-21(18)19-8-10-26(11-9-19)23(28)30-24(2,3)4/h14-16,19H,8-13,17H2,1-7H3. The van der Waals surface area contributed by atoms with Gasteiger partial charge in [0.1, 0.15) is 12.3 Å². The van der Waals surface area contributed by atoms with Crippen molar-refractivity contribution < 1.29 is 14.3 Å². The zero-order valence-corrected chi connectivity index (χ0v) is 21.3. The second-order valence-corrected chi connectivity index (χ2v) is 16.6. The predicted molar refractivity (Wildman–Crippen MR) is 128 cm³/mol. The summed E-state index contributed by atoms with van der Waals surface area (Å²) in [6.45, 7) is 17.8. The fourth-order valence-corrected chi connectivity index (χ4v) is 4.75. The minimum atomic E-state index is -1.07. The van der Waals surface area contributed by atoms with Gasteiger partial charge in [0, 0.05) is 39.4 Å². The van der Waals surface area contributed by atoms with E-state index in [2.05, 4.69) is 44.9 Å². The van der Waals surface area contributed by atoms with Crippen LogP contribution in [-0.2, 0) is 16.2 Å². The molecule has 1 aromatic heterocycles. The summed E-state index contributed by atoms with van der Waals surface area (Å²) < 4.78 is 13.3. The first-order valence-electron chi connectivity index (χ1n) is 11.4. The molecule has 6 nitrogen and oxygen atoms in total. The first kappa shape index (κ1) is 23.8. The van der Waals surface area contributed by atoms with E-state index in [1.807, 2.05) is 30.4 Å². The van der Waals surface area contributed by atoms with E-state index in [0.717, 1.165) is 43.4 Å². The Kier molecular flexibility index (Phi) is 7.16. The summed E-state index contributed by atoms with van der Waals surface area (Å²) in [7, 11) is -1.07. The topological polar surface area (TPSA) is 56.6 Å². The second-order valence-electron chi connectivity index (χ2n) is 11.0. The first-order chi connectivity index (χ1) is 14.4. The molecule has 31 heavy (non-hydrogen) atoms. The first-order valence-corrected chi connectivity index (χ1v) is 15.2. The number of fused-ring (bicyclic) bond motifs is 1. The molecule has 0 bridgehead atoms. The van der Waals surface area contributed by atoms with Gasteiger partial charge in [-0.25, -0.2) is 9.48 Å². The molecule has 1 fully saturated rings. The van der Waals surface area contributed by atoms with Crippen molar-refractivity contribution in [1.29, 1.82) is 0 Å². The number of amides is 1. The molecular weight excluding hydrogens is 406 g/mol. The highest BCUT2D eigenvalue weighted by molar-refractivity contribution is 6.76. The minimum absolute atomic E-state index is 0.203. The van der Waals surface area contributed by atoms with Gasteiger partial charge in [-0.15, -0.1) is 0 Å². The smallest absolute Gasteiger partial charge is 0.410 e. The summed E-state index contributed by atoms with van der Waals surface area (Å²) in [5.41, 5.74) is 3.21. The van der Waals surface area contributed by atoms with Crippen molar-refractivity contribution in [3.8, 4) is 0 Å². The molecule has 2 aromatic rings. The summed E-state index contributed by atoms with van der Waals surface area (Å²) in [6, 6.07) is 5.63. The van der Waals surface area contributed by atoms with Crippen molar-refractivity contribution in [3.05, 3.63) is 29.5 Å². The average molecular weight is 446 g/mol. The van der Waals surface area contributed by atoms with Crippen LogP contribution in [0.25, 0.3) is 10.9 Å². The molecule has 1 aliphatic rings. The molecular formula is C24H39N3O3Si. The van der Waals surface area contributed by atoms with Gasteiger partial charge in [-0.05, 0) is 75.8 Å². The zero-order valence-electron chi connectivity index (χ0n) is 20.3. The van der Waals surface area contributed by atoms with Crippen molar-refractivity contribution in [2.75, 3.05) is 19.7 Å². The maximum absolute atomic E-state index is 12.3. The predicted octanol–water partition coefficient (Wildman–Crippen LogP) is 5.77. The molecule has 3 rings (SSSR count). The number of hydrogen-bond donors (Lipinski definition) is 0. The fourth-order valence-electron chi connectivity index (χ4n) is 3.99. The number of carbonyl (C=O) groups is 1. The molecule has 0 aliphatic carbocycles. The number of benzene rings is 1. The van der Waals surface area contributed by atoms with Gasteiger partial charge in [-0.3, -0.25) is 0 Å². The molecule has 7 heteroatoms. The van der Waals surface area contributed by atoms with E-state index in [4.69, 9.17) is 14.6 Å². The van der Waals surface area contributed by atoms with Crippen LogP contribution in [0.5, 0.6) is 0 Å². The highest BCUT2D eigenvalue weighted by Gasteiger charge is 2.28. The molecule has 0 atom stereocenters. The van der Waals surface area contributed by atoms with Crippen LogP contribution >= 0.6 is 0 Å². The van der Waals surface area contributed by atoms with Gasteiger partial charge in [0.25, 0.3) is 0 Å². The molecule has 1 aliphatic heterocycles. The van der Waals surface area contributed by atoms with E-state index in [0.29, 0.717) is 12.6 Å². The third kappa shape index (κ3) is 6.81. The van der Waals surface area contributed by atoms with Crippen molar-refractivity contribution in [1.82, 2.24) is 14.7 Å². The number of aromatic nitrogens is 2. The zero-order chi connectivity index (χ0) is 22.8. The van der Waals surface area contributed by atoms with Crippen LogP contribution in [0.1, 0.15) is 50.7 Å². The van der Waals surface area contributed by atoms with E-state index in [9.17, 15) is 4.79 Å². The van der Waals surface area contributed by atoms with E-state index in [1.165, 1.54) is 17.2 Å². The number of likely N-dealkylation sites (tertiary alicyclic amines) is 1. The molecule has 1 saturated heterocycles. The lowest BCUT2D eigenvalue weighted by Gasteiger charge is -2.34. The van der Waals surface area contributed by atoms with Gasteiger partial charge >= 0.3 is 6.09 Å². The molecule has 2 heterocycles.